The third-order valence-electron chi connectivity index (χ3n) is 2.96. The van der Waals surface area contributed by atoms with Crippen LogP contribution in [0.5, 0.6) is 0 Å². The van der Waals surface area contributed by atoms with Gasteiger partial charge in [0.15, 0.2) is 0 Å². The number of nitrogens with zero attached hydrogens (tertiary/aromatic N) is 2. The van der Waals surface area contributed by atoms with Crippen molar-refractivity contribution in [2.24, 2.45) is 5.10 Å². The maximum absolute atomic E-state index is 12.0. The van der Waals surface area contributed by atoms with Gasteiger partial charge in [-0.1, -0.05) is 35.3 Å². The fourth-order valence-corrected chi connectivity index (χ4v) is 2.13. The molecule has 0 atom stereocenters. The average molecular weight is 336 g/mol. The third-order valence-corrected chi connectivity index (χ3v) is 3.53. The number of anilines is 1. The number of amides is 1. The lowest BCUT2D eigenvalue weighted by Crippen LogP contribution is -2.18. The normalized spacial score (nSPS) is 10.7. The van der Waals surface area contributed by atoms with Gasteiger partial charge in [-0.2, -0.15) is 5.10 Å². The molecule has 22 heavy (non-hydrogen) atoms. The largest absolute Gasteiger partial charge is 0.378 e. The Morgan fingerprint density at radius 1 is 1.14 bits per heavy atom. The molecule has 0 unspecified atom stereocenters. The minimum Gasteiger partial charge on any atom is -0.378 e. The molecule has 1 N–H and O–H groups in total. The third kappa shape index (κ3) is 4.23. The SMILES string of the molecule is CN(C)c1ccc(/C=N\NC(=O)c2cc(Cl)ccc2Cl)cc1. The van der Waals surface area contributed by atoms with E-state index in [4.69, 9.17) is 23.2 Å². The highest BCUT2D eigenvalue weighted by molar-refractivity contribution is 6.35. The zero-order chi connectivity index (χ0) is 16.1. The van der Waals surface area contributed by atoms with E-state index in [1.807, 2.05) is 43.3 Å². The zero-order valence-electron chi connectivity index (χ0n) is 12.2. The number of hydrogen-bond acceptors (Lipinski definition) is 3. The van der Waals surface area contributed by atoms with E-state index in [0.29, 0.717) is 10.0 Å². The van der Waals surface area contributed by atoms with Crippen LogP contribution in [0.1, 0.15) is 15.9 Å². The van der Waals surface area contributed by atoms with Crippen molar-refractivity contribution < 1.29 is 4.79 Å². The van der Waals surface area contributed by atoms with Crippen LogP contribution in [0.25, 0.3) is 0 Å². The van der Waals surface area contributed by atoms with Crippen LogP contribution in [0.15, 0.2) is 47.6 Å². The van der Waals surface area contributed by atoms with Crippen LogP contribution in [0.3, 0.4) is 0 Å². The Balaban J connectivity index is 2.02. The minimum absolute atomic E-state index is 0.286. The molecular formula is C16H15Cl2N3O. The highest BCUT2D eigenvalue weighted by atomic mass is 35.5. The standard InChI is InChI=1S/C16H15Cl2N3O/c1-21(2)13-6-3-11(4-7-13)10-19-20-16(22)14-9-12(17)5-8-15(14)18/h3-10H,1-2H3,(H,20,22)/b19-10-. The quantitative estimate of drug-likeness (QED) is 0.681. The van der Waals surface area contributed by atoms with Gasteiger partial charge < -0.3 is 4.90 Å². The summed E-state index contributed by atoms with van der Waals surface area (Å²) in [6.45, 7) is 0. The summed E-state index contributed by atoms with van der Waals surface area (Å²) in [5.74, 6) is -0.409. The van der Waals surface area contributed by atoms with Crippen LogP contribution >= 0.6 is 23.2 Å². The second-order valence-electron chi connectivity index (χ2n) is 4.81. The van der Waals surface area contributed by atoms with E-state index in [2.05, 4.69) is 10.5 Å². The van der Waals surface area contributed by atoms with Crippen LogP contribution in [0, 0.1) is 0 Å². The van der Waals surface area contributed by atoms with Crippen molar-refractivity contribution in [3.63, 3.8) is 0 Å². The summed E-state index contributed by atoms with van der Waals surface area (Å²) in [5.41, 5.74) is 4.68. The van der Waals surface area contributed by atoms with Gasteiger partial charge in [0.25, 0.3) is 5.91 Å². The van der Waals surface area contributed by atoms with Crippen LogP contribution < -0.4 is 10.3 Å². The Morgan fingerprint density at radius 3 is 2.45 bits per heavy atom. The van der Waals surface area contributed by atoms with Crippen LogP contribution in [-0.2, 0) is 0 Å². The summed E-state index contributed by atoms with van der Waals surface area (Å²) in [5, 5.41) is 4.69. The first kappa shape index (κ1) is 16.3. The highest BCUT2D eigenvalue weighted by Gasteiger charge is 2.09. The van der Waals surface area contributed by atoms with Crippen LogP contribution in [0.4, 0.5) is 5.69 Å². The molecule has 0 radical (unpaired) electrons. The van der Waals surface area contributed by atoms with Crippen molar-refractivity contribution in [1.82, 2.24) is 5.43 Å². The lowest BCUT2D eigenvalue weighted by atomic mass is 10.2. The van der Waals surface area contributed by atoms with Crippen molar-refractivity contribution in [2.75, 3.05) is 19.0 Å². The van der Waals surface area contributed by atoms with Gasteiger partial charge in [0, 0.05) is 24.8 Å². The molecule has 0 aliphatic heterocycles. The van der Waals surface area contributed by atoms with Crippen LogP contribution in [0.2, 0.25) is 10.0 Å². The molecule has 0 bridgehead atoms. The van der Waals surface area contributed by atoms with Gasteiger partial charge in [-0.05, 0) is 35.9 Å². The summed E-state index contributed by atoms with van der Waals surface area (Å²) in [4.78, 5) is 14.0. The Morgan fingerprint density at radius 2 is 1.82 bits per heavy atom. The lowest BCUT2D eigenvalue weighted by Gasteiger charge is -2.11. The number of halogens is 2. The van der Waals surface area contributed by atoms with Crippen molar-refractivity contribution in [3.05, 3.63) is 63.6 Å². The molecular weight excluding hydrogens is 321 g/mol. The number of carbonyl (C=O) groups excluding carboxylic acids is 1. The predicted molar refractivity (Wildman–Crippen MR) is 92.3 cm³/mol. The van der Waals surface area contributed by atoms with Crippen LogP contribution in [-0.4, -0.2) is 26.2 Å². The Bertz CT molecular complexity index is 697. The van der Waals surface area contributed by atoms with E-state index in [-0.39, 0.29) is 5.56 Å². The number of hydrogen-bond donors (Lipinski definition) is 1. The van der Waals surface area contributed by atoms with E-state index in [9.17, 15) is 4.79 Å². The summed E-state index contributed by atoms with van der Waals surface area (Å²) in [6, 6.07) is 12.5. The molecule has 0 aliphatic rings. The van der Waals surface area contributed by atoms with Gasteiger partial charge in [-0.25, -0.2) is 5.43 Å². The number of rotatable bonds is 4. The first-order chi connectivity index (χ1) is 10.5. The van der Waals surface area contributed by atoms with E-state index in [1.54, 1.807) is 18.3 Å². The van der Waals surface area contributed by atoms with Gasteiger partial charge in [-0.3, -0.25) is 4.79 Å². The average Bonchev–Trinajstić information content (AvgIpc) is 2.50. The van der Waals surface area contributed by atoms with Crippen molar-refractivity contribution in [1.29, 1.82) is 0 Å². The van der Waals surface area contributed by atoms with E-state index < -0.39 is 5.91 Å². The summed E-state index contributed by atoms with van der Waals surface area (Å²) in [6.07, 6.45) is 1.57. The second-order valence-corrected chi connectivity index (χ2v) is 5.65. The molecule has 6 heteroatoms. The summed E-state index contributed by atoms with van der Waals surface area (Å²) >= 11 is 11.8. The monoisotopic (exact) mass is 335 g/mol. The number of nitrogens with one attached hydrogen (secondary N) is 1. The van der Waals surface area contributed by atoms with E-state index >= 15 is 0 Å². The molecule has 0 aromatic heterocycles. The topological polar surface area (TPSA) is 44.7 Å². The van der Waals surface area contributed by atoms with Gasteiger partial charge in [-0.15, -0.1) is 0 Å². The molecule has 114 valence electrons. The fourth-order valence-electron chi connectivity index (χ4n) is 1.76. The molecule has 0 aliphatic carbocycles. The molecule has 0 spiro atoms. The maximum Gasteiger partial charge on any atom is 0.272 e. The summed E-state index contributed by atoms with van der Waals surface area (Å²) < 4.78 is 0. The second kappa shape index (κ2) is 7.29. The van der Waals surface area contributed by atoms with Gasteiger partial charge in [0.05, 0.1) is 16.8 Å². The molecule has 0 saturated carbocycles. The van der Waals surface area contributed by atoms with Crippen molar-refractivity contribution >= 4 is 41.0 Å². The van der Waals surface area contributed by atoms with E-state index in [1.165, 1.54) is 6.07 Å². The molecule has 0 fully saturated rings. The Labute approximate surface area is 139 Å². The zero-order valence-corrected chi connectivity index (χ0v) is 13.7. The van der Waals surface area contributed by atoms with Crippen molar-refractivity contribution in [2.45, 2.75) is 0 Å². The Kier molecular flexibility index (Phi) is 5.41. The first-order valence-corrected chi connectivity index (χ1v) is 7.29. The lowest BCUT2D eigenvalue weighted by molar-refractivity contribution is 0.0955. The number of benzene rings is 2. The molecule has 4 nitrogen and oxygen atoms in total. The minimum atomic E-state index is -0.409. The van der Waals surface area contributed by atoms with Gasteiger partial charge >= 0.3 is 0 Å². The van der Waals surface area contributed by atoms with E-state index in [0.717, 1.165) is 11.3 Å². The number of hydrazone groups is 1. The van der Waals surface area contributed by atoms with Gasteiger partial charge in [0.2, 0.25) is 0 Å². The smallest absolute Gasteiger partial charge is 0.272 e. The molecule has 0 heterocycles. The highest BCUT2D eigenvalue weighted by Crippen LogP contribution is 2.20. The first-order valence-electron chi connectivity index (χ1n) is 6.53. The summed E-state index contributed by atoms with van der Waals surface area (Å²) in [7, 11) is 3.94. The molecule has 1 amide bonds. The Hall–Kier alpha value is -2.04. The molecule has 0 saturated heterocycles. The molecule has 2 aromatic carbocycles. The molecule has 2 rings (SSSR count). The number of carbonyl (C=O) groups is 1. The van der Waals surface area contributed by atoms with Crippen molar-refractivity contribution in [3.8, 4) is 0 Å². The fraction of sp³-hybridized carbons (Fsp3) is 0.125. The predicted octanol–water partition coefficient (Wildman–Crippen LogP) is 3.82. The van der Waals surface area contributed by atoms with Gasteiger partial charge in [0.1, 0.15) is 0 Å². The maximum atomic E-state index is 12.0. The molecule has 2 aromatic rings.